The zero-order valence-electron chi connectivity index (χ0n) is 9.52. The molecule has 3 rings (SSSR count). The summed E-state index contributed by atoms with van der Waals surface area (Å²) in [5.41, 5.74) is 0. The predicted molar refractivity (Wildman–Crippen MR) is 68.8 cm³/mol. The molecule has 0 spiro atoms. The quantitative estimate of drug-likeness (QED) is 0.758. The first-order valence-electron chi connectivity index (χ1n) is 5.38. The number of anilines is 1. The molecule has 0 aromatic carbocycles. The summed E-state index contributed by atoms with van der Waals surface area (Å²) < 4.78 is 3.78. The Morgan fingerprint density at radius 2 is 2.44 bits per heavy atom. The maximum absolute atomic E-state index is 11.7. The van der Waals surface area contributed by atoms with E-state index in [4.69, 9.17) is 0 Å². The minimum atomic E-state index is -0.124. The normalized spacial score (nSPS) is 25.6. The van der Waals surface area contributed by atoms with Gasteiger partial charge in [-0.25, -0.2) is 0 Å². The van der Waals surface area contributed by atoms with Crippen LogP contribution in [-0.2, 0) is 9.59 Å². The van der Waals surface area contributed by atoms with Crippen LogP contribution in [0.5, 0.6) is 0 Å². The maximum Gasteiger partial charge on any atom is 0.230 e. The highest BCUT2D eigenvalue weighted by Crippen LogP contribution is 2.39. The minimum absolute atomic E-state index is 0.0797. The van der Waals surface area contributed by atoms with Gasteiger partial charge in [0.15, 0.2) is 5.82 Å². The Balaban J connectivity index is 1.85. The summed E-state index contributed by atoms with van der Waals surface area (Å²) in [7, 11) is 0. The number of thioether (sulfide) groups is 1. The molecule has 2 aliphatic rings. The van der Waals surface area contributed by atoms with Crippen molar-refractivity contribution in [2.45, 2.75) is 24.1 Å². The summed E-state index contributed by atoms with van der Waals surface area (Å²) in [6.45, 7) is 1.51. The summed E-state index contributed by atoms with van der Waals surface area (Å²) in [5.74, 6) is 0.615. The van der Waals surface area contributed by atoms with Crippen molar-refractivity contribution in [2.75, 3.05) is 4.90 Å². The lowest BCUT2D eigenvalue weighted by Crippen LogP contribution is -2.52. The first-order valence-corrected chi connectivity index (χ1v) is 7.16. The topological polar surface area (TPSA) is 66.4 Å². The van der Waals surface area contributed by atoms with Gasteiger partial charge >= 0.3 is 0 Å². The van der Waals surface area contributed by atoms with Crippen molar-refractivity contribution in [3.8, 4) is 0 Å². The van der Waals surface area contributed by atoms with Crippen LogP contribution in [-0.4, -0.2) is 37.0 Å². The van der Waals surface area contributed by atoms with Crippen LogP contribution >= 0.6 is 23.3 Å². The minimum Gasteiger partial charge on any atom is -0.306 e. The van der Waals surface area contributed by atoms with E-state index in [1.54, 1.807) is 33.1 Å². The van der Waals surface area contributed by atoms with Crippen LogP contribution in [0.4, 0.5) is 5.82 Å². The van der Waals surface area contributed by atoms with Gasteiger partial charge in [-0.1, -0.05) is 4.49 Å². The standard InChI is InChI=1S/C10H10N4O2S2/c1-6(15)14(7-5-17-12-11-7)9-2-3-13-8(16)4-10(13)18-9/h2-3,5,9-10H,4H2,1H3/t9?,10-/m1/s1. The van der Waals surface area contributed by atoms with E-state index in [9.17, 15) is 9.59 Å². The monoisotopic (exact) mass is 282 g/mol. The molecule has 0 aliphatic carbocycles. The highest BCUT2D eigenvalue weighted by molar-refractivity contribution is 8.00. The molecule has 0 radical (unpaired) electrons. The molecule has 18 heavy (non-hydrogen) atoms. The number of hydrogen-bond donors (Lipinski definition) is 0. The van der Waals surface area contributed by atoms with Crippen LogP contribution < -0.4 is 4.90 Å². The number of rotatable bonds is 2. The van der Waals surface area contributed by atoms with Gasteiger partial charge in [-0.2, -0.15) is 0 Å². The van der Waals surface area contributed by atoms with Crippen LogP contribution in [0.2, 0.25) is 0 Å². The molecule has 0 bridgehead atoms. The van der Waals surface area contributed by atoms with E-state index >= 15 is 0 Å². The van der Waals surface area contributed by atoms with Crippen LogP contribution in [0.1, 0.15) is 13.3 Å². The maximum atomic E-state index is 11.7. The fourth-order valence-corrected chi connectivity index (χ4v) is 3.80. The van der Waals surface area contributed by atoms with Gasteiger partial charge in [-0.15, -0.1) is 16.9 Å². The first kappa shape index (κ1) is 11.7. The second-order valence-electron chi connectivity index (χ2n) is 3.98. The van der Waals surface area contributed by atoms with E-state index < -0.39 is 0 Å². The molecular formula is C10H10N4O2S2. The third-order valence-corrected chi connectivity index (χ3v) is 4.69. The van der Waals surface area contributed by atoms with E-state index in [0.717, 1.165) is 0 Å². The average Bonchev–Trinajstić information content (AvgIpc) is 2.81. The third-order valence-electron chi connectivity index (χ3n) is 2.84. The van der Waals surface area contributed by atoms with Gasteiger partial charge in [0.25, 0.3) is 0 Å². The molecule has 6 nitrogen and oxygen atoms in total. The van der Waals surface area contributed by atoms with Crippen molar-refractivity contribution in [1.82, 2.24) is 14.5 Å². The van der Waals surface area contributed by atoms with Crippen molar-refractivity contribution in [3.63, 3.8) is 0 Å². The van der Waals surface area contributed by atoms with Gasteiger partial charge in [-0.05, 0) is 17.6 Å². The predicted octanol–water partition coefficient (Wildman–Crippen LogP) is 1.04. The van der Waals surface area contributed by atoms with Crippen molar-refractivity contribution in [2.24, 2.45) is 0 Å². The molecule has 8 heteroatoms. The van der Waals surface area contributed by atoms with E-state index in [-0.39, 0.29) is 22.6 Å². The van der Waals surface area contributed by atoms with Gasteiger partial charge < -0.3 is 4.90 Å². The van der Waals surface area contributed by atoms with Gasteiger partial charge in [0.1, 0.15) is 5.37 Å². The molecule has 3 heterocycles. The molecule has 1 fully saturated rings. The number of carbonyl (C=O) groups excluding carboxylic acids is 2. The smallest absolute Gasteiger partial charge is 0.230 e. The Morgan fingerprint density at radius 1 is 1.61 bits per heavy atom. The summed E-state index contributed by atoms with van der Waals surface area (Å²) in [4.78, 5) is 26.3. The molecule has 0 saturated carbocycles. The first-order chi connectivity index (χ1) is 8.66. The Labute approximate surface area is 112 Å². The second kappa shape index (κ2) is 4.36. The largest absolute Gasteiger partial charge is 0.306 e. The van der Waals surface area contributed by atoms with Crippen molar-refractivity contribution in [3.05, 3.63) is 17.7 Å². The van der Waals surface area contributed by atoms with Crippen LogP contribution in [0.3, 0.4) is 0 Å². The molecule has 1 aromatic rings. The average molecular weight is 282 g/mol. The fourth-order valence-electron chi connectivity index (χ4n) is 1.95. The Kier molecular flexibility index (Phi) is 2.83. The molecule has 94 valence electrons. The highest BCUT2D eigenvalue weighted by Gasteiger charge is 2.41. The van der Waals surface area contributed by atoms with E-state index in [0.29, 0.717) is 12.2 Å². The van der Waals surface area contributed by atoms with Crippen molar-refractivity contribution >= 4 is 40.9 Å². The fraction of sp³-hybridized carbons (Fsp3) is 0.400. The number of carbonyl (C=O) groups is 2. The number of β-lactam (4-membered cyclic amide) rings is 1. The third kappa shape index (κ3) is 1.81. The Morgan fingerprint density at radius 3 is 3.00 bits per heavy atom. The van der Waals surface area contributed by atoms with Gasteiger partial charge in [-0.3, -0.25) is 14.5 Å². The lowest BCUT2D eigenvalue weighted by molar-refractivity contribution is -0.137. The van der Waals surface area contributed by atoms with Crippen LogP contribution in [0, 0.1) is 0 Å². The molecular weight excluding hydrogens is 272 g/mol. The summed E-state index contributed by atoms with van der Waals surface area (Å²) in [6.07, 6.45) is 4.14. The summed E-state index contributed by atoms with van der Waals surface area (Å²) >= 11 is 2.79. The summed E-state index contributed by atoms with van der Waals surface area (Å²) in [5, 5.41) is 5.70. The van der Waals surface area contributed by atoms with Crippen molar-refractivity contribution < 1.29 is 9.59 Å². The zero-order valence-corrected chi connectivity index (χ0v) is 11.1. The summed E-state index contributed by atoms with van der Waals surface area (Å²) in [6, 6.07) is 0. The SMILES string of the molecule is CC(=O)N(c1csnn1)C1C=CN2C(=O)C[C@H]2S1. The van der Waals surface area contributed by atoms with E-state index in [1.807, 2.05) is 6.08 Å². The molecule has 1 saturated heterocycles. The van der Waals surface area contributed by atoms with E-state index in [2.05, 4.69) is 9.59 Å². The molecule has 1 aromatic heterocycles. The molecule has 2 atom stereocenters. The lowest BCUT2D eigenvalue weighted by atomic mass is 10.2. The van der Waals surface area contributed by atoms with Gasteiger partial charge in [0, 0.05) is 13.1 Å². The molecule has 2 amide bonds. The number of nitrogens with zero attached hydrogens (tertiary/aromatic N) is 4. The van der Waals surface area contributed by atoms with Gasteiger partial charge in [0.05, 0.1) is 17.2 Å². The Hall–Kier alpha value is -1.41. The number of aromatic nitrogens is 2. The molecule has 1 unspecified atom stereocenters. The molecule has 0 N–H and O–H groups in total. The Bertz CT molecular complexity index is 516. The van der Waals surface area contributed by atoms with Crippen LogP contribution in [0.25, 0.3) is 0 Å². The number of fused-ring (bicyclic) bond motifs is 1. The van der Waals surface area contributed by atoms with Crippen LogP contribution in [0.15, 0.2) is 17.7 Å². The molecule has 2 aliphatic heterocycles. The van der Waals surface area contributed by atoms with Gasteiger partial charge in [0.2, 0.25) is 11.8 Å². The van der Waals surface area contributed by atoms with Crippen molar-refractivity contribution in [1.29, 1.82) is 0 Å². The number of hydrogen-bond acceptors (Lipinski definition) is 6. The van der Waals surface area contributed by atoms with E-state index in [1.165, 1.54) is 18.5 Å². The lowest BCUT2D eigenvalue weighted by Gasteiger charge is -2.43. The number of amides is 2. The highest BCUT2D eigenvalue weighted by atomic mass is 32.2. The zero-order chi connectivity index (χ0) is 12.7. The second-order valence-corrected chi connectivity index (χ2v) is 5.89.